The highest BCUT2D eigenvalue weighted by Gasteiger charge is 2.36. The number of pyridine rings is 1. The van der Waals surface area contributed by atoms with Crippen LogP contribution in [0.5, 0.6) is 0 Å². The summed E-state index contributed by atoms with van der Waals surface area (Å²) >= 11 is 0. The standard InChI is InChI=1S/C19H18N2O3S/c1-13-15-8-2-3-9-16(15)21(12-17(13)22)25(23,24)18-10-4-6-14-7-5-11-20-19(14)18/h2-11,13,17,22H,12H2,1H3/t13-,17-/m0/s1. The number of para-hydroxylation sites is 2. The highest BCUT2D eigenvalue weighted by Crippen LogP contribution is 2.38. The minimum atomic E-state index is -3.85. The van der Waals surface area contributed by atoms with Crippen molar-refractivity contribution in [3.8, 4) is 0 Å². The van der Waals surface area contributed by atoms with Crippen LogP contribution in [-0.2, 0) is 10.0 Å². The first-order valence-electron chi connectivity index (χ1n) is 8.13. The van der Waals surface area contributed by atoms with E-state index in [9.17, 15) is 13.5 Å². The molecule has 1 aliphatic heterocycles. The lowest BCUT2D eigenvalue weighted by atomic mass is 9.90. The van der Waals surface area contributed by atoms with Gasteiger partial charge in [-0.2, -0.15) is 0 Å². The van der Waals surface area contributed by atoms with Crippen LogP contribution in [0, 0.1) is 0 Å². The van der Waals surface area contributed by atoms with Gasteiger partial charge in [-0.15, -0.1) is 0 Å². The number of aliphatic hydroxyl groups is 1. The van der Waals surface area contributed by atoms with E-state index in [1.54, 1.807) is 30.5 Å². The molecule has 6 heteroatoms. The van der Waals surface area contributed by atoms with E-state index in [0.717, 1.165) is 10.9 Å². The van der Waals surface area contributed by atoms with Crippen LogP contribution in [0.3, 0.4) is 0 Å². The van der Waals surface area contributed by atoms with Crippen LogP contribution in [0.25, 0.3) is 10.9 Å². The monoisotopic (exact) mass is 354 g/mol. The fourth-order valence-electron chi connectivity index (χ4n) is 3.36. The minimum absolute atomic E-state index is 0.0315. The Kier molecular flexibility index (Phi) is 3.74. The molecule has 0 saturated heterocycles. The summed E-state index contributed by atoms with van der Waals surface area (Å²) in [6, 6.07) is 16.1. The highest BCUT2D eigenvalue weighted by molar-refractivity contribution is 7.93. The molecule has 2 aromatic carbocycles. The highest BCUT2D eigenvalue weighted by atomic mass is 32.2. The molecule has 2 atom stereocenters. The molecule has 2 heterocycles. The van der Waals surface area contributed by atoms with Crippen molar-refractivity contribution in [2.24, 2.45) is 0 Å². The molecule has 0 bridgehead atoms. The molecule has 0 saturated carbocycles. The maximum atomic E-state index is 13.4. The van der Waals surface area contributed by atoms with Crippen molar-refractivity contribution in [2.75, 3.05) is 10.8 Å². The van der Waals surface area contributed by atoms with Crippen molar-refractivity contribution < 1.29 is 13.5 Å². The van der Waals surface area contributed by atoms with Gasteiger partial charge in [0.25, 0.3) is 10.0 Å². The van der Waals surface area contributed by atoms with Crippen LogP contribution in [-0.4, -0.2) is 31.2 Å². The van der Waals surface area contributed by atoms with E-state index in [1.807, 2.05) is 37.3 Å². The van der Waals surface area contributed by atoms with Crippen molar-refractivity contribution in [1.29, 1.82) is 0 Å². The van der Waals surface area contributed by atoms with Gasteiger partial charge in [-0.25, -0.2) is 8.42 Å². The summed E-state index contributed by atoms with van der Waals surface area (Å²) in [5.41, 5.74) is 1.89. The quantitative estimate of drug-likeness (QED) is 0.768. The van der Waals surface area contributed by atoms with Crippen LogP contribution in [0.2, 0.25) is 0 Å². The molecule has 1 aliphatic rings. The Hall–Kier alpha value is -2.44. The molecule has 0 radical (unpaired) electrons. The zero-order chi connectivity index (χ0) is 17.6. The average molecular weight is 354 g/mol. The van der Waals surface area contributed by atoms with Gasteiger partial charge in [0.15, 0.2) is 0 Å². The van der Waals surface area contributed by atoms with Gasteiger partial charge >= 0.3 is 0 Å². The third kappa shape index (κ3) is 2.49. The summed E-state index contributed by atoms with van der Waals surface area (Å²) in [5, 5.41) is 11.2. The zero-order valence-corrected chi connectivity index (χ0v) is 14.5. The molecule has 1 aromatic heterocycles. The number of hydrogen-bond donors (Lipinski definition) is 1. The zero-order valence-electron chi connectivity index (χ0n) is 13.7. The van der Waals surface area contributed by atoms with Gasteiger partial charge in [0.1, 0.15) is 4.90 Å². The van der Waals surface area contributed by atoms with Gasteiger partial charge in [-0.1, -0.05) is 43.3 Å². The molecule has 5 nitrogen and oxygen atoms in total. The number of hydrogen-bond acceptors (Lipinski definition) is 4. The predicted octanol–water partition coefficient (Wildman–Crippen LogP) is 2.91. The molecule has 0 amide bonds. The topological polar surface area (TPSA) is 70.5 Å². The number of nitrogens with zero attached hydrogens (tertiary/aromatic N) is 2. The minimum Gasteiger partial charge on any atom is -0.391 e. The first-order chi connectivity index (χ1) is 12.0. The molecular weight excluding hydrogens is 336 g/mol. The smallest absolute Gasteiger partial charge is 0.266 e. The number of rotatable bonds is 2. The Balaban J connectivity index is 1.93. The maximum absolute atomic E-state index is 13.4. The van der Waals surface area contributed by atoms with Gasteiger partial charge < -0.3 is 5.11 Å². The molecule has 0 unspecified atom stereocenters. The van der Waals surface area contributed by atoms with Gasteiger partial charge in [0.2, 0.25) is 0 Å². The molecule has 0 aliphatic carbocycles. The Morgan fingerprint density at radius 2 is 1.84 bits per heavy atom. The summed E-state index contributed by atoms with van der Waals surface area (Å²) in [5.74, 6) is -0.117. The summed E-state index contributed by atoms with van der Waals surface area (Å²) < 4.78 is 28.1. The number of β-amino-alcohol motifs (C(OH)–C–C–N with tert-alkyl or cyclic N) is 1. The molecule has 3 aromatic rings. The van der Waals surface area contributed by atoms with E-state index in [2.05, 4.69) is 4.98 Å². The van der Waals surface area contributed by atoms with Crippen molar-refractivity contribution in [1.82, 2.24) is 4.98 Å². The van der Waals surface area contributed by atoms with Crippen LogP contribution in [0.1, 0.15) is 18.4 Å². The fraction of sp³-hybridized carbons (Fsp3) is 0.211. The lowest BCUT2D eigenvalue weighted by Crippen LogP contribution is -2.43. The normalized spacial score (nSPS) is 20.5. The molecule has 128 valence electrons. The van der Waals surface area contributed by atoms with Crippen molar-refractivity contribution in [2.45, 2.75) is 23.8 Å². The van der Waals surface area contributed by atoms with Crippen molar-refractivity contribution in [3.63, 3.8) is 0 Å². The molecule has 0 fully saturated rings. The molecule has 25 heavy (non-hydrogen) atoms. The number of sulfonamides is 1. The van der Waals surface area contributed by atoms with Crippen LogP contribution in [0.15, 0.2) is 65.7 Å². The molecule has 4 rings (SSSR count). The van der Waals surface area contributed by atoms with E-state index >= 15 is 0 Å². The number of aromatic nitrogens is 1. The van der Waals surface area contributed by atoms with Gasteiger partial charge in [0, 0.05) is 17.5 Å². The number of benzene rings is 2. The van der Waals surface area contributed by atoms with Crippen molar-refractivity contribution >= 4 is 26.6 Å². The second kappa shape index (κ2) is 5.82. The van der Waals surface area contributed by atoms with Gasteiger partial charge in [-0.3, -0.25) is 9.29 Å². The average Bonchev–Trinajstić information content (AvgIpc) is 2.64. The second-order valence-electron chi connectivity index (χ2n) is 6.28. The van der Waals surface area contributed by atoms with E-state index in [0.29, 0.717) is 11.2 Å². The summed E-state index contributed by atoms with van der Waals surface area (Å²) in [6.07, 6.45) is 0.829. The second-order valence-corrected chi connectivity index (χ2v) is 8.11. The first-order valence-corrected chi connectivity index (χ1v) is 9.57. The van der Waals surface area contributed by atoms with Crippen LogP contribution in [0.4, 0.5) is 5.69 Å². The summed E-state index contributed by atoms with van der Waals surface area (Å²) in [6.45, 7) is 1.94. The van der Waals surface area contributed by atoms with Gasteiger partial charge in [-0.05, 0) is 23.8 Å². The van der Waals surface area contributed by atoms with E-state index < -0.39 is 16.1 Å². The Bertz CT molecular complexity index is 1040. The van der Waals surface area contributed by atoms with Gasteiger partial charge in [0.05, 0.1) is 23.9 Å². The Labute approximate surface area is 146 Å². The van der Waals surface area contributed by atoms with Crippen LogP contribution >= 0.6 is 0 Å². The Morgan fingerprint density at radius 3 is 2.68 bits per heavy atom. The number of fused-ring (bicyclic) bond motifs is 2. The van der Waals surface area contributed by atoms with Crippen molar-refractivity contribution in [3.05, 3.63) is 66.4 Å². The van der Waals surface area contributed by atoms with E-state index in [1.165, 1.54) is 4.31 Å². The first kappa shape index (κ1) is 16.1. The largest absolute Gasteiger partial charge is 0.391 e. The van der Waals surface area contributed by atoms with Crippen LogP contribution < -0.4 is 4.31 Å². The Morgan fingerprint density at radius 1 is 1.08 bits per heavy atom. The maximum Gasteiger partial charge on any atom is 0.266 e. The third-order valence-electron chi connectivity index (χ3n) is 4.79. The lowest BCUT2D eigenvalue weighted by molar-refractivity contribution is 0.153. The molecule has 1 N–H and O–H groups in total. The summed E-state index contributed by atoms with van der Waals surface area (Å²) in [4.78, 5) is 4.42. The van der Waals surface area contributed by atoms with E-state index in [4.69, 9.17) is 0 Å². The predicted molar refractivity (Wildman–Crippen MR) is 97.1 cm³/mol. The SMILES string of the molecule is C[C@H]1c2ccccc2N(S(=O)(=O)c2cccc3cccnc23)C[C@@H]1O. The summed E-state index contributed by atoms with van der Waals surface area (Å²) in [7, 11) is -3.85. The molecule has 0 spiro atoms. The number of aliphatic hydroxyl groups excluding tert-OH is 1. The number of anilines is 1. The third-order valence-corrected chi connectivity index (χ3v) is 6.60. The lowest BCUT2D eigenvalue weighted by Gasteiger charge is -2.36. The fourth-order valence-corrected chi connectivity index (χ4v) is 5.04. The molecular formula is C19H18N2O3S. The van der Waals surface area contributed by atoms with E-state index in [-0.39, 0.29) is 17.4 Å².